The zero-order valence-electron chi connectivity index (χ0n) is 9.04. The Morgan fingerprint density at radius 1 is 1.29 bits per heavy atom. The predicted octanol–water partition coefficient (Wildman–Crippen LogP) is 1.95. The van der Waals surface area contributed by atoms with Gasteiger partial charge in [0.15, 0.2) is 0 Å². The van der Waals surface area contributed by atoms with Crippen molar-refractivity contribution in [3.8, 4) is 11.5 Å². The largest absolute Gasteiger partial charge is 0.497 e. The summed E-state index contributed by atoms with van der Waals surface area (Å²) in [4.78, 5) is 11.7. The van der Waals surface area contributed by atoms with Gasteiger partial charge in [-0.2, -0.15) is 4.37 Å². The molecular formula is C11H10N2O3S. The summed E-state index contributed by atoms with van der Waals surface area (Å²) in [5.74, 6) is 0.615. The number of nitrogens with two attached hydrogens (primary N) is 1. The third-order valence-corrected chi connectivity index (χ3v) is 2.72. The number of carbonyl (C=O) groups is 1. The number of ether oxygens (including phenoxy) is 2. The van der Waals surface area contributed by atoms with E-state index in [9.17, 15) is 4.79 Å². The molecule has 0 aliphatic heterocycles. The van der Waals surface area contributed by atoms with Gasteiger partial charge in [-0.05, 0) is 35.8 Å². The van der Waals surface area contributed by atoms with Gasteiger partial charge in [0.2, 0.25) is 0 Å². The van der Waals surface area contributed by atoms with E-state index in [2.05, 4.69) is 4.37 Å². The van der Waals surface area contributed by atoms with Crippen molar-refractivity contribution >= 4 is 22.5 Å². The SMILES string of the molecule is COc1ccc(OC(=O)c2cnsc2N)cc1. The van der Waals surface area contributed by atoms with Gasteiger partial charge in [0, 0.05) is 0 Å². The highest BCUT2D eigenvalue weighted by Gasteiger charge is 2.14. The quantitative estimate of drug-likeness (QED) is 0.665. The Hall–Kier alpha value is -2.08. The van der Waals surface area contributed by atoms with Gasteiger partial charge in [0.05, 0.1) is 13.3 Å². The monoisotopic (exact) mass is 250 g/mol. The molecule has 0 spiro atoms. The second-order valence-electron chi connectivity index (χ2n) is 3.17. The van der Waals surface area contributed by atoms with Gasteiger partial charge in [-0.3, -0.25) is 0 Å². The zero-order valence-corrected chi connectivity index (χ0v) is 9.86. The Labute approximate surface area is 102 Å². The van der Waals surface area contributed by atoms with Gasteiger partial charge in [0.25, 0.3) is 0 Å². The highest BCUT2D eigenvalue weighted by atomic mass is 32.1. The van der Waals surface area contributed by atoms with Gasteiger partial charge in [-0.15, -0.1) is 0 Å². The molecule has 0 fully saturated rings. The molecule has 2 aromatic rings. The molecule has 88 valence electrons. The number of hydrogen-bond acceptors (Lipinski definition) is 6. The lowest BCUT2D eigenvalue weighted by molar-refractivity contribution is 0.0736. The minimum atomic E-state index is -0.513. The number of nitrogen functional groups attached to an aromatic ring is 1. The standard InChI is InChI=1S/C11H10N2O3S/c1-15-7-2-4-8(5-3-7)16-11(14)9-6-13-17-10(9)12/h2-6H,12H2,1H3. The van der Waals surface area contributed by atoms with E-state index in [1.54, 1.807) is 31.4 Å². The first kappa shape index (κ1) is 11.4. The molecule has 0 saturated heterocycles. The van der Waals surface area contributed by atoms with Crippen LogP contribution >= 0.6 is 11.5 Å². The normalized spacial score (nSPS) is 9.94. The lowest BCUT2D eigenvalue weighted by Gasteiger charge is -2.04. The van der Waals surface area contributed by atoms with Crippen molar-refractivity contribution in [3.63, 3.8) is 0 Å². The fraction of sp³-hybridized carbons (Fsp3) is 0.0909. The van der Waals surface area contributed by atoms with Crippen molar-refractivity contribution < 1.29 is 14.3 Å². The molecule has 0 unspecified atom stereocenters. The molecule has 0 atom stereocenters. The first-order valence-electron chi connectivity index (χ1n) is 4.77. The molecule has 0 aliphatic rings. The number of rotatable bonds is 3. The van der Waals surface area contributed by atoms with Crippen molar-refractivity contribution in [2.75, 3.05) is 12.8 Å². The summed E-state index contributed by atoms with van der Waals surface area (Å²) < 4.78 is 13.9. The highest BCUT2D eigenvalue weighted by Crippen LogP contribution is 2.21. The van der Waals surface area contributed by atoms with E-state index in [1.165, 1.54) is 6.20 Å². The van der Waals surface area contributed by atoms with Crippen LogP contribution in [-0.2, 0) is 0 Å². The minimum Gasteiger partial charge on any atom is -0.497 e. The van der Waals surface area contributed by atoms with Crippen molar-refractivity contribution in [1.29, 1.82) is 0 Å². The van der Waals surface area contributed by atoms with Crippen molar-refractivity contribution in [2.24, 2.45) is 0 Å². The molecule has 2 rings (SSSR count). The summed E-state index contributed by atoms with van der Waals surface area (Å²) in [5, 5.41) is 0.350. The Morgan fingerprint density at radius 2 is 1.94 bits per heavy atom. The van der Waals surface area contributed by atoms with E-state index in [1.807, 2.05) is 0 Å². The Balaban J connectivity index is 2.10. The molecule has 0 saturated carbocycles. The molecule has 0 amide bonds. The van der Waals surface area contributed by atoms with E-state index in [0.717, 1.165) is 11.5 Å². The lowest BCUT2D eigenvalue weighted by Crippen LogP contribution is -2.09. The molecule has 2 N–H and O–H groups in total. The minimum absolute atomic E-state index is 0.283. The third kappa shape index (κ3) is 2.54. The molecular weight excluding hydrogens is 240 g/mol. The summed E-state index contributed by atoms with van der Waals surface area (Å²) in [6.07, 6.45) is 1.39. The number of hydrogen-bond donors (Lipinski definition) is 1. The van der Waals surface area contributed by atoms with Crippen LogP contribution in [0, 0.1) is 0 Å². The molecule has 1 aromatic carbocycles. The fourth-order valence-corrected chi connectivity index (χ4v) is 1.71. The lowest BCUT2D eigenvalue weighted by atomic mass is 10.3. The summed E-state index contributed by atoms with van der Waals surface area (Å²) in [7, 11) is 1.57. The maximum Gasteiger partial charge on any atom is 0.348 e. The maximum absolute atomic E-state index is 11.7. The topological polar surface area (TPSA) is 74.4 Å². The van der Waals surface area contributed by atoms with Crippen LogP contribution in [0.1, 0.15) is 10.4 Å². The molecule has 6 heteroatoms. The summed E-state index contributed by atoms with van der Waals surface area (Å²) >= 11 is 1.06. The predicted molar refractivity (Wildman–Crippen MR) is 64.5 cm³/mol. The second kappa shape index (κ2) is 4.84. The molecule has 5 nitrogen and oxygen atoms in total. The van der Waals surface area contributed by atoms with Crippen LogP contribution in [0.2, 0.25) is 0 Å². The van der Waals surface area contributed by atoms with E-state index in [4.69, 9.17) is 15.2 Å². The van der Waals surface area contributed by atoms with Crippen LogP contribution in [0.25, 0.3) is 0 Å². The molecule has 0 radical (unpaired) electrons. The van der Waals surface area contributed by atoms with Crippen LogP contribution in [0.4, 0.5) is 5.00 Å². The van der Waals surface area contributed by atoms with Crippen molar-refractivity contribution in [2.45, 2.75) is 0 Å². The van der Waals surface area contributed by atoms with Crippen molar-refractivity contribution in [1.82, 2.24) is 4.37 Å². The Kier molecular flexibility index (Phi) is 3.24. The maximum atomic E-state index is 11.7. The van der Waals surface area contributed by atoms with E-state index < -0.39 is 5.97 Å². The Bertz CT molecular complexity index is 522. The van der Waals surface area contributed by atoms with Crippen LogP contribution in [0.15, 0.2) is 30.5 Å². The smallest absolute Gasteiger partial charge is 0.348 e. The number of benzene rings is 1. The van der Waals surface area contributed by atoms with E-state index >= 15 is 0 Å². The van der Waals surface area contributed by atoms with Crippen LogP contribution in [-0.4, -0.2) is 17.5 Å². The summed E-state index contributed by atoms with van der Waals surface area (Å²) in [5.41, 5.74) is 5.86. The van der Waals surface area contributed by atoms with E-state index in [0.29, 0.717) is 16.5 Å². The van der Waals surface area contributed by atoms with E-state index in [-0.39, 0.29) is 5.56 Å². The van der Waals surface area contributed by atoms with Crippen LogP contribution in [0.5, 0.6) is 11.5 Å². The molecule has 0 aliphatic carbocycles. The van der Waals surface area contributed by atoms with Gasteiger partial charge in [-0.1, -0.05) is 0 Å². The number of nitrogens with zero attached hydrogens (tertiary/aromatic N) is 1. The zero-order chi connectivity index (χ0) is 12.3. The molecule has 17 heavy (non-hydrogen) atoms. The summed E-state index contributed by atoms with van der Waals surface area (Å²) in [6, 6.07) is 6.70. The average Bonchev–Trinajstić information content (AvgIpc) is 2.76. The first-order chi connectivity index (χ1) is 8.20. The number of anilines is 1. The highest BCUT2D eigenvalue weighted by molar-refractivity contribution is 7.10. The van der Waals surface area contributed by atoms with Crippen molar-refractivity contribution in [3.05, 3.63) is 36.0 Å². The third-order valence-electron chi connectivity index (χ3n) is 2.09. The molecule has 1 heterocycles. The van der Waals surface area contributed by atoms with Crippen LogP contribution in [0.3, 0.4) is 0 Å². The Morgan fingerprint density at radius 3 is 2.47 bits per heavy atom. The second-order valence-corrected chi connectivity index (χ2v) is 4.00. The number of esters is 1. The van der Waals surface area contributed by atoms with Gasteiger partial charge >= 0.3 is 5.97 Å². The molecule has 0 bridgehead atoms. The number of aromatic nitrogens is 1. The number of carbonyl (C=O) groups excluding carboxylic acids is 1. The van der Waals surface area contributed by atoms with Gasteiger partial charge in [-0.25, -0.2) is 4.79 Å². The van der Waals surface area contributed by atoms with Crippen LogP contribution < -0.4 is 15.2 Å². The van der Waals surface area contributed by atoms with Gasteiger partial charge < -0.3 is 15.2 Å². The summed E-state index contributed by atoms with van der Waals surface area (Å²) in [6.45, 7) is 0. The first-order valence-corrected chi connectivity index (χ1v) is 5.54. The fourth-order valence-electron chi connectivity index (χ4n) is 1.21. The average molecular weight is 250 g/mol. The molecule has 1 aromatic heterocycles. The van der Waals surface area contributed by atoms with Gasteiger partial charge in [0.1, 0.15) is 22.1 Å². The number of methoxy groups -OCH3 is 1.